The normalized spacial score (nSPS) is 18.3. The van der Waals surface area contributed by atoms with Crippen LogP contribution in [0.5, 0.6) is 5.75 Å². The molecule has 3 atom stereocenters. The maximum atomic E-state index is 13.5. The molecule has 10 heteroatoms. The second kappa shape index (κ2) is 13.5. The number of carbonyl (C=O) groups is 2. The zero-order chi connectivity index (χ0) is 30.4. The molecule has 3 aromatic rings. The van der Waals surface area contributed by atoms with Crippen LogP contribution in [-0.2, 0) is 32.5 Å². The van der Waals surface area contributed by atoms with Crippen LogP contribution in [0.15, 0.2) is 77.7 Å². The first-order valence-electron chi connectivity index (χ1n) is 14.0. The SMILES string of the molecule is Cc1ccc(S(=O)(=O)N(C)C[C@@H]2Oc3ccc(NC(=O)Cc4ccccc4)cc3CC(=O)N([C@@H](C)CO)C[C@H]2C)cc1. The van der Waals surface area contributed by atoms with E-state index in [1.807, 2.05) is 44.2 Å². The van der Waals surface area contributed by atoms with Gasteiger partial charge in [0.05, 0.1) is 36.9 Å². The highest BCUT2D eigenvalue weighted by molar-refractivity contribution is 7.89. The summed E-state index contributed by atoms with van der Waals surface area (Å²) in [7, 11) is -2.27. The van der Waals surface area contributed by atoms with E-state index in [9.17, 15) is 23.1 Å². The minimum absolute atomic E-state index is 0.000979. The topological polar surface area (TPSA) is 116 Å². The summed E-state index contributed by atoms with van der Waals surface area (Å²) in [6.07, 6.45) is -0.401. The number of anilines is 1. The molecule has 224 valence electrons. The van der Waals surface area contributed by atoms with E-state index in [0.29, 0.717) is 17.0 Å². The fourth-order valence-electron chi connectivity index (χ4n) is 4.95. The quantitative estimate of drug-likeness (QED) is 0.391. The minimum Gasteiger partial charge on any atom is -0.488 e. The average Bonchev–Trinajstić information content (AvgIpc) is 3.00. The fraction of sp³-hybridized carbons (Fsp3) is 0.375. The van der Waals surface area contributed by atoms with Crippen molar-refractivity contribution in [1.29, 1.82) is 0 Å². The molecule has 0 saturated heterocycles. The van der Waals surface area contributed by atoms with E-state index in [1.54, 1.807) is 54.3 Å². The molecule has 9 nitrogen and oxygen atoms in total. The van der Waals surface area contributed by atoms with Crippen molar-refractivity contribution in [2.75, 3.05) is 32.1 Å². The molecule has 1 heterocycles. The summed E-state index contributed by atoms with van der Waals surface area (Å²) < 4.78 is 34.5. The molecule has 3 aromatic carbocycles. The third-order valence-electron chi connectivity index (χ3n) is 7.57. The van der Waals surface area contributed by atoms with Crippen LogP contribution in [0.4, 0.5) is 5.69 Å². The van der Waals surface area contributed by atoms with Crippen LogP contribution in [0.1, 0.15) is 30.5 Å². The first-order chi connectivity index (χ1) is 20.0. The predicted octanol–water partition coefficient (Wildman–Crippen LogP) is 3.65. The first kappa shape index (κ1) is 31.2. The number of aliphatic hydroxyl groups excluding tert-OH is 1. The van der Waals surface area contributed by atoms with Crippen LogP contribution in [0.2, 0.25) is 0 Å². The summed E-state index contributed by atoms with van der Waals surface area (Å²) >= 11 is 0. The van der Waals surface area contributed by atoms with Gasteiger partial charge in [-0.25, -0.2) is 8.42 Å². The molecule has 0 bridgehead atoms. The van der Waals surface area contributed by atoms with E-state index in [4.69, 9.17) is 4.74 Å². The first-order valence-corrected chi connectivity index (χ1v) is 15.5. The van der Waals surface area contributed by atoms with Crippen molar-refractivity contribution in [2.45, 2.75) is 50.7 Å². The molecule has 2 N–H and O–H groups in total. The van der Waals surface area contributed by atoms with E-state index < -0.39 is 22.2 Å². The molecule has 2 amide bonds. The van der Waals surface area contributed by atoms with Crippen LogP contribution in [-0.4, -0.2) is 73.4 Å². The minimum atomic E-state index is -3.79. The smallest absolute Gasteiger partial charge is 0.242 e. The van der Waals surface area contributed by atoms with Crippen molar-refractivity contribution in [3.05, 3.63) is 89.5 Å². The van der Waals surface area contributed by atoms with Gasteiger partial charge in [0.15, 0.2) is 0 Å². The van der Waals surface area contributed by atoms with Gasteiger partial charge in [-0.1, -0.05) is 55.0 Å². The van der Waals surface area contributed by atoms with Gasteiger partial charge < -0.3 is 20.1 Å². The third kappa shape index (κ3) is 7.56. The van der Waals surface area contributed by atoms with Crippen molar-refractivity contribution in [3.63, 3.8) is 0 Å². The predicted molar refractivity (Wildman–Crippen MR) is 162 cm³/mol. The monoisotopic (exact) mass is 593 g/mol. The van der Waals surface area contributed by atoms with E-state index in [2.05, 4.69) is 5.32 Å². The second-order valence-corrected chi connectivity index (χ2v) is 13.1. The molecular weight excluding hydrogens is 554 g/mol. The van der Waals surface area contributed by atoms with E-state index in [-0.39, 0.29) is 55.2 Å². The molecule has 0 unspecified atom stereocenters. The Morgan fingerprint density at radius 2 is 1.81 bits per heavy atom. The maximum absolute atomic E-state index is 13.5. The summed E-state index contributed by atoms with van der Waals surface area (Å²) in [6.45, 7) is 5.68. The summed E-state index contributed by atoms with van der Waals surface area (Å²) in [5.41, 5.74) is 2.93. The number of benzene rings is 3. The Morgan fingerprint density at radius 3 is 2.48 bits per heavy atom. The Morgan fingerprint density at radius 1 is 1.12 bits per heavy atom. The highest BCUT2D eigenvalue weighted by Crippen LogP contribution is 2.30. The van der Waals surface area contributed by atoms with Crippen LogP contribution in [0.3, 0.4) is 0 Å². The lowest BCUT2D eigenvalue weighted by Gasteiger charge is -2.33. The van der Waals surface area contributed by atoms with Crippen LogP contribution >= 0.6 is 0 Å². The van der Waals surface area contributed by atoms with Gasteiger partial charge in [-0.3, -0.25) is 9.59 Å². The van der Waals surface area contributed by atoms with Crippen LogP contribution in [0.25, 0.3) is 0 Å². The zero-order valence-electron chi connectivity index (χ0n) is 24.5. The Hall–Kier alpha value is -3.73. The molecular formula is C32H39N3O6S. The largest absolute Gasteiger partial charge is 0.488 e. The Bertz CT molecular complexity index is 1490. The van der Waals surface area contributed by atoms with Crippen molar-refractivity contribution >= 4 is 27.5 Å². The van der Waals surface area contributed by atoms with Gasteiger partial charge in [0.1, 0.15) is 11.9 Å². The zero-order valence-corrected chi connectivity index (χ0v) is 25.3. The van der Waals surface area contributed by atoms with E-state index in [0.717, 1.165) is 11.1 Å². The number of nitrogens with one attached hydrogen (secondary N) is 1. The molecule has 0 spiro atoms. The van der Waals surface area contributed by atoms with Gasteiger partial charge in [-0.05, 0) is 49.7 Å². The van der Waals surface area contributed by atoms with Crippen molar-refractivity contribution in [1.82, 2.24) is 9.21 Å². The van der Waals surface area contributed by atoms with Gasteiger partial charge in [0, 0.05) is 30.8 Å². The van der Waals surface area contributed by atoms with Gasteiger partial charge >= 0.3 is 0 Å². The number of ether oxygens (including phenoxy) is 1. The van der Waals surface area contributed by atoms with E-state index in [1.165, 1.54) is 11.4 Å². The number of nitrogens with zero attached hydrogens (tertiary/aromatic N) is 2. The number of hydrogen-bond donors (Lipinski definition) is 2. The molecule has 0 radical (unpaired) electrons. The molecule has 0 aromatic heterocycles. The van der Waals surface area contributed by atoms with Gasteiger partial charge in [-0.15, -0.1) is 0 Å². The number of fused-ring (bicyclic) bond motifs is 1. The van der Waals surface area contributed by atoms with Crippen LogP contribution in [0, 0.1) is 12.8 Å². The molecule has 42 heavy (non-hydrogen) atoms. The summed E-state index contributed by atoms with van der Waals surface area (Å²) in [6, 6.07) is 20.8. The summed E-state index contributed by atoms with van der Waals surface area (Å²) in [5, 5.41) is 12.8. The van der Waals surface area contributed by atoms with E-state index >= 15 is 0 Å². The van der Waals surface area contributed by atoms with Gasteiger partial charge in [0.25, 0.3) is 0 Å². The number of likely N-dealkylation sites (N-methyl/N-ethyl adjacent to an activating group) is 1. The Balaban J connectivity index is 1.62. The third-order valence-corrected chi connectivity index (χ3v) is 9.41. The Kier molecular flexibility index (Phi) is 10.0. The lowest BCUT2D eigenvalue weighted by Crippen LogP contribution is -2.48. The second-order valence-electron chi connectivity index (χ2n) is 11.0. The maximum Gasteiger partial charge on any atom is 0.242 e. The highest BCUT2D eigenvalue weighted by Gasteiger charge is 2.33. The number of sulfonamides is 1. The molecule has 0 fully saturated rings. The van der Waals surface area contributed by atoms with Crippen molar-refractivity contribution < 1.29 is 27.9 Å². The fourth-order valence-corrected chi connectivity index (χ4v) is 6.14. The molecule has 0 saturated carbocycles. The Labute approximate surface area is 248 Å². The van der Waals surface area contributed by atoms with Crippen molar-refractivity contribution in [2.24, 2.45) is 5.92 Å². The number of rotatable bonds is 9. The number of amides is 2. The average molecular weight is 594 g/mol. The van der Waals surface area contributed by atoms with Gasteiger partial charge in [0.2, 0.25) is 21.8 Å². The number of aryl methyl sites for hydroxylation is 1. The van der Waals surface area contributed by atoms with Gasteiger partial charge in [-0.2, -0.15) is 4.31 Å². The standard InChI is InChI=1S/C32H39N3O6S/c1-22-10-13-28(14-11-22)42(39,40)34(4)20-30-23(2)19-35(24(3)21-36)32(38)18-26-17-27(12-15-29(26)41-30)33-31(37)16-25-8-6-5-7-9-25/h5-15,17,23-24,30,36H,16,18-21H2,1-4H3,(H,33,37)/t23-,24+,30+/m1/s1. The molecule has 4 rings (SSSR count). The lowest BCUT2D eigenvalue weighted by molar-refractivity contribution is -0.134. The number of hydrogen-bond acceptors (Lipinski definition) is 6. The summed E-state index contributed by atoms with van der Waals surface area (Å²) in [5.74, 6) is -0.209. The highest BCUT2D eigenvalue weighted by atomic mass is 32.2. The number of aliphatic hydroxyl groups is 1. The number of carbonyl (C=O) groups excluding carboxylic acids is 2. The van der Waals surface area contributed by atoms with Crippen LogP contribution < -0.4 is 10.1 Å². The summed E-state index contributed by atoms with van der Waals surface area (Å²) in [4.78, 5) is 28.0. The molecule has 1 aliphatic heterocycles. The van der Waals surface area contributed by atoms with Crippen molar-refractivity contribution in [3.8, 4) is 5.75 Å². The molecule has 0 aliphatic carbocycles. The molecule has 1 aliphatic rings. The lowest BCUT2D eigenvalue weighted by atomic mass is 10.0.